The summed E-state index contributed by atoms with van der Waals surface area (Å²) in [6.07, 6.45) is 73.6. The molecule has 0 radical (unpaired) electrons. The van der Waals surface area contributed by atoms with E-state index >= 15 is 0 Å². The van der Waals surface area contributed by atoms with Gasteiger partial charge in [-0.05, 0) is 19.3 Å². The van der Waals surface area contributed by atoms with Crippen LogP contribution in [0.5, 0.6) is 0 Å². The van der Waals surface area contributed by atoms with Crippen LogP contribution >= 0.6 is 0 Å². The first-order valence-corrected chi connectivity index (χ1v) is 36.4. The molecule has 1 aliphatic rings. The van der Waals surface area contributed by atoms with E-state index in [4.69, 9.17) is 9.47 Å². The molecule has 0 aromatic carbocycles. The van der Waals surface area contributed by atoms with Gasteiger partial charge in [-0.3, -0.25) is 4.79 Å². The number of nitrogens with one attached hydrogen (secondary N) is 1. The second-order valence-corrected chi connectivity index (χ2v) is 25.8. The molecule has 7 atom stereocenters. The van der Waals surface area contributed by atoms with Crippen molar-refractivity contribution in [1.82, 2.24) is 5.32 Å². The fraction of sp³-hybridized carbons (Fsp3) is 0.958. The van der Waals surface area contributed by atoms with Crippen molar-refractivity contribution in [2.24, 2.45) is 0 Å². The van der Waals surface area contributed by atoms with Crippen LogP contribution in [0.1, 0.15) is 386 Å². The molecule has 9 heteroatoms. The summed E-state index contributed by atoms with van der Waals surface area (Å²) in [5.41, 5.74) is 0. The van der Waals surface area contributed by atoms with Gasteiger partial charge in [0.25, 0.3) is 0 Å². The average Bonchev–Trinajstić information content (AvgIpc) is 3.47. The molecular formula is C72H141NO8. The van der Waals surface area contributed by atoms with Crippen LogP contribution in [0.4, 0.5) is 0 Å². The van der Waals surface area contributed by atoms with Gasteiger partial charge < -0.3 is 40.3 Å². The third-order valence-corrected chi connectivity index (χ3v) is 17.9. The normalized spacial score (nSPS) is 18.3. The molecule has 1 amide bonds. The number of carbonyl (C=O) groups excluding carboxylic acids is 1. The lowest BCUT2D eigenvalue weighted by atomic mass is 9.99. The average molecular weight is 1150 g/mol. The maximum absolute atomic E-state index is 13.1. The number of ether oxygens (including phenoxy) is 2. The Balaban J connectivity index is 2.00. The number of unbranched alkanes of at least 4 members (excludes halogenated alkanes) is 55. The molecule has 1 rings (SSSR count). The molecule has 0 aromatic heterocycles. The van der Waals surface area contributed by atoms with Crippen molar-refractivity contribution in [3.63, 3.8) is 0 Å². The van der Waals surface area contributed by atoms with E-state index in [-0.39, 0.29) is 12.5 Å². The van der Waals surface area contributed by atoms with Gasteiger partial charge in [0.15, 0.2) is 6.29 Å². The smallest absolute Gasteiger partial charge is 0.220 e. The molecule has 482 valence electrons. The largest absolute Gasteiger partial charge is 0.394 e. The van der Waals surface area contributed by atoms with Crippen molar-refractivity contribution in [2.75, 3.05) is 13.2 Å². The van der Waals surface area contributed by atoms with E-state index < -0.39 is 49.5 Å². The second-order valence-electron chi connectivity index (χ2n) is 25.8. The van der Waals surface area contributed by atoms with E-state index in [1.165, 1.54) is 327 Å². The summed E-state index contributed by atoms with van der Waals surface area (Å²) in [6, 6.07) is -0.801. The number of hydrogen-bond donors (Lipinski definition) is 6. The first-order chi connectivity index (χ1) is 39.8. The molecule has 81 heavy (non-hydrogen) atoms. The number of hydrogen-bond acceptors (Lipinski definition) is 8. The summed E-state index contributed by atoms with van der Waals surface area (Å²) in [5, 5.41) is 54.7. The van der Waals surface area contributed by atoms with Crippen molar-refractivity contribution in [3.05, 3.63) is 12.2 Å². The first kappa shape index (κ1) is 77.9. The minimum Gasteiger partial charge on any atom is -0.394 e. The van der Waals surface area contributed by atoms with E-state index in [0.717, 1.165) is 38.5 Å². The number of allylic oxidation sites excluding steroid dienone is 1. The molecule has 1 saturated heterocycles. The van der Waals surface area contributed by atoms with Crippen LogP contribution in [0.15, 0.2) is 12.2 Å². The van der Waals surface area contributed by atoms with Gasteiger partial charge >= 0.3 is 0 Å². The zero-order valence-electron chi connectivity index (χ0n) is 54.1. The Bertz CT molecular complexity index is 1280. The summed E-state index contributed by atoms with van der Waals surface area (Å²) in [5.74, 6) is -0.168. The lowest BCUT2D eigenvalue weighted by Crippen LogP contribution is -2.60. The molecule has 7 unspecified atom stereocenters. The van der Waals surface area contributed by atoms with Crippen LogP contribution < -0.4 is 5.32 Å². The van der Waals surface area contributed by atoms with Gasteiger partial charge in [-0.25, -0.2) is 0 Å². The summed E-state index contributed by atoms with van der Waals surface area (Å²) in [6.45, 7) is 3.83. The molecule has 1 aliphatic heterocycles. The number of aliphatic hydroxyl groups excluding tert-OH is 5. The number of amides is 1. The molecule has 6 N–H and O–H groups in total. The van der Waals surface area contributed by atoms with E-state index in [1.807, 2.05) is 6.08 Å². The molecule has 1 heterocycles. The highest BCUT2D eigenvalue weighted by atomic mass is 16.7. The third-order valence-electron chi connectivity index (χ3n) is 17.9. The summed E-state index contributed by atoms with van der Waals surface area (Å²) >= 11 is 0. The number of carbonyl (C=O) groups is 1. The molecule has 0 spiro atoms. The zero-order valence-corrected chi connectivity index (χ0v) is 54.1. The minimum absolute atomic E-state index is 0.168. The Morgan fingerprint density at radius 2 is 0.679 bits per heavy atom. The summed E-state index contributed by atoms with van der Waals surface area (Å²) < 4.78 is 11.3. The van der Waals surface area contributed by atoms with Gasteiger partial charge in [0.1, 0.15) is 24.4 Å². The highest BCUT2D eigenvalue weighted by molar-refractivity contribution is 5.76. The molecule has 0 aromatic rings. The molecular weight excluding hydrogens is 1010 g/mol. The molecule has 0 aliphatic carbocycles. The van der Waals surface area contributed by atoms with Gasteiger partial charge in [-0.15, -0.1) is 0 Å². The van der Waals surface area contributed by atoms with E-state index in [9.17, 15) is 30.3 Å². The maximum Gasteiger partial charge on any atom is 0.220 e. The molecule has 1 fully saturated rings. The van der Waals surface area contributed by atoms with E-state index in [1.54, 1.807) is 6.08 Å². The predicted molar refractivity (Wildman–Crippen MR) is 346 cm³/mol. The number of aliphatic hydroxyl groups is 5. The van der Waals surface area contributed by atoms with Crippen molar-refractivity contribution in [1.29, 1.82) is 0 Å². The van der Waals surface area contributed by atoms with Gasteiger partial charge in [-0.1, -0.05) is 373 Å². The standard InChI is InChI=1S/C72H141NO8/c1-3-5-7-9-11-13-15-17-19-21-22-23-24-25-26-27-28-29-30-31-32-33-34-35-36-37-38-39-40-41-42-43-44-46-48-50-52-54-56-58-60-62-68(76)73-65(64-80-72-71(79)70(78)69(77)67(63-74)81-72)66(75)61-59-57-55-53-51-49-47-45-20-18-16-14-12-10-8-6-4-2/h59,61,65-67,69-72,74-75,77-79H,3-58,60,62-64H2,1-2H3,(H,73,76)/b61-59+. The van der Waals surface area contributed by atoms with Crippen LogP contribution in [0.25, 0.3) is 0 Å². The maximum atomic E-state index is 13.1. The second kappa shape index (κ2) is 62.0. The lowest BCUT2D eigenvalue weighted by Gasteiger charge is -2.40. The van der Waals surface area contributed by atoms with E-state index in [0.29, 0.717) is 6.42 Å². The Hall–Kier alpha value is -1.07. The SMILES string of the molecule is CCCCCCCCCCCCCCCCC/C=C/C(O)C(COC1OC(CO)C(O)C(O)C1O)NC(=O)CCCCCCCCCCCCCCCCCCCCCCCCCCCCCCCCCCCCCCCCCCC. The van der Waals surface area contributed by atoms with Gasteiger partial charge in [0.05, 0.1) is 25.4 Å². The molecule has 0 saturated carbocycles. The van der Waals surface area contributed by atoms with Gasteiger partial charge in [-0.2, -0.15) is 0 Å². The Kier molecular flexibility index (Phi) is 59.7. The Morgan fingerprint density at radius 1 is 0.407 bits per heavy atom. The predicted octanol–water partition coefficient (Wildman–Crippen LogP) is 19.9. The third kappa shape index (κ3) is 50.8. The van der Waals surface area contributed by atoms with Crippen LogP contribution in [0.3, 0.4) is 0 Å². The van der Waals surface area contributed by atoms with Crippen LogP contribution in [-0.2, 0) is 14.3 Å². The fourth-order valence-corrected chi connectivity index (χ4v) is 12.2. The highest BCUT2D eigenvalue weighted by Gasteiger charge is 2.44. The zero-order chi connectivity index (χ0) is 58.6. The molecule has 0 bridgehead atoms. The Labute approximate surface area is 503 Å². The van der Waals surface area contributed by atoms with Crippen LogP contribution in [-0.4, -0.2) is 87.5 Å². The Morgan fingerprint density at radius 3 is 0.963 bits per heavy atom. The van der Waals surface area contributed by atoms with Crippen molar-refractivity contribution in [2.45, 2.75) is 429 Å². The van der Waals surface area contributed by atoms with Gasteiger partial charge in [0.2, 0.25) is 5.91 Å². The van der Waals surface area contributed by atoms with Crippen molar-refractivity contribution in [3.8, 4) is 0 Å². The quantitative estimate of drug-likeness (QED) is 0.0261. The monoisotopic (exact) mass is 1150 g/mol. The molecule has 9 nitrogen and oxygen atoms in total. The number of rotatable bonds is 65. The summed E-state index contributed by atoms with van der Waals surface area (Å²) in [4.78, 5) is 13.1. The topological polar surface area (TPSA) is 149 Å². The lowest BCUT2D eigenvalue weighted by molar-refractivity contribution is -0.302. The minimum atomic E-state index is -1.56. The van der Waals surface area contributed by atoms with Crippen molar-refractivity contribution < 1.29 is 39.8 Å². The summed E-state index contributed by atoms with van der Waals surface area (Å²) in [7, 11) is 0. The van der Waals surface area contributed by atoms with Crippen molar-refractivity contribution >= 4 is 5.91 Å². The van der Waals surface area contributed by atoms with E-state index in [2.05, 4.69) is 19.2 Å². The van der Waals surface area contributed by atoms with Gasteiger partial charge in [0, 0.05) is 6.42 Å². The van der Waals surface area contributed by atoms with Crippen LogP contribution in [0, 0.1) is 0 Å². The highest BCUT2D eigenvalue weighted by Crippen LogP contribution is 2.24. The first-order valence-electron chi connectivity index (χ1n) is 36.4. The fourth-order valence-electron chi connectivity index (χ4n) is 12.2. The van der Waals surface area contributed by atoms with Crippen LogP contribution in [0.2, 0.25) is 0 Å².